The third kappa shape index (κ3) is 3.91. The highest BCUT2D eigenvalue weighted by molar-refractivity contribution is 7.89. The molecule has 0 saturated carbocycles. The number of nitrogens with two attached hydrogens (primary N) is 1. The van der Waals surface area contributed by atoms with E-state index in [1.807, 2.05) is 0 Å². The molecular formula is C12H13ClFNO5S. The Labute approximate surface area is 126 Å². The summed E-state index contributed by atoms with van der Waals surface area (Å²) in [5, 5.41) is 4.55. The van der Waals surface area contributed by atoms with Gasteiger partial charge in [-0.05, 0) is 18.6 Å². The molecule has 2 rings (SSSR count). The Balaban J connectivity index is 2.20. The van der Waals surface area contributed by atoms with Crippen LogP contribution < -0.4 is 5.14 Å². The first kappa shape index (κ1) is 16.2. The fraction of sp³-hybridized carbons (Fsp3) is 0.417. The van der Waals surface area contributed by atoms with Gasteiger partial charge in [-0.1, -0.05) is 11.6 Å². The number of halogens is 2. The van der Waals surface area contributed by atoms with E-state index in [2.05, 4.69) is 0 Å². The molecule has 0 aliphatic carbocycles. The van der Waals surface area contributed by atoms with Crippen molar-refractivity contribution < 1.29 is 27.1 Å². The molecule has 1 aliphatic rings. The van der Waals surface area contributed by atoms with Crippen molar-refractivity contribution in [2.24, 2.45) is 11.1 Å². The number of sulfonamides is 1. The van der Waals surface area contributed by atoms with Gasteiger partial charge in [0.25, 0.3) is 0 Å². The molecule has 1 saturated heterocycles. The van der Waals surface area contributed by atoms with E-state index in [-0.39, 0.29) is 12.5 Å². The van der Waals surface area contributed by atoms with Crippen LogP contribution in [-0.2, 0) is 19.5 Å². The number of benzene rings is 1. The minimum atomic E-state index is -4.16. The molecule has 21 heavy (non-hydrogen) atoms. The number of rotatable bonds is 4. The summed E-state index contributed by atoms with van der Waals surface area (Å²) in [4.78, 5) is 11.3. The van der Waals surface area contributed by atoms with E-state index in [0.29, 0.717) is 13.2 Å². The quantitative estimate of drug-likeness (QED) is 0.836. The van der Waals surface area contributed by atoms with E-state index in [4.69, 9.17) is 26.2 Å². The number of hydrogen-bond donors (Lipinski definition) is 1. The van der Waals surface area contributed by atoms with Crippen LogP contribution >= 0.6 is 11.6 Å². The molecule has 0 amide bonds. The fourth-order valence-electron chi connectivity index (χ4n) is 1.89. The summed E-state index contributed by atoms with van der Waals surface area (Å²) in [6.45, 7) is 1.14. The number of carbonyl (C=O) groups is 1. The van der Waals surface area contributed by atoms with Crippen LogP contribution in [0.15, 0.2) is 17.0 Å². The second kappa shape index (κ2) is 6.27. The lowest BCUT2D eigenvalue weighted by Crippen LogP contribution is -2.18. The molecule has 1 aromatic carbocycles. The number of esters is 1. The number of primary sulfonamides is 1. The SMILES string of the molecule is NS(=O)(=O)c1cc(C(=O)OCC2CCOC2)c(F)cc1Cl. The van der Waals surface area contributed by atoms with Gasteiger partial charge >= 0.3 is 5.97 Å². The van der Waals surface area contributed by atoms with Gasteiger partial charge in [0.2, 0.25) is 10.0 Å². The lowest BCUT2D eigenvalue weighted by molar-refractivity contribution is 0.0422. The Bertz CT molecular complexity index is 658. The summed E-state index contributed by atoms with van der Waals surface area (Å²) in [6.07, 6.45) is 0.749. The Morgan fingerprint density at radius 1 is 1.52 bits per heavy atom. The molecule has 6 nitrogen and oxygen atoms in total. The summed E-state index contributed by atoms with van der Waals surface area (Å²) >= 11 is 5.60. The topological polar surface area (TPSA) is 95.7 Å². The highest BCUT2D eigenvalue weighted by atomic mass is 35.5. The Morgan fingerprint density at radius 3 is 2.81 bits per heavy atom. The molecule has 0 radical (unpaired) electrons. The summed E-state index contributed by atoms with van der Waals surface area (Å²) in [7, 11) is -4.16. The normalized spacial score (nSPS) is 18.7. The van der Waals surface area contributed by atoms with Crippen molar-refractivity contribution in [1.29, 1.82) is 0 Å². The largest absolute Gasteiger partial charge is 0.462 e. The van der Waals surface area contributed by atoms with Crippen molar-refractivity contribution in [3.05, 3.63) is 28.5 Å². The monoisotopic (exact) mass is 337 g/mol. The van der Waals surface area contributed by atoms with Crippen molar-refractivity contribution in [3.63, 3.8) is 0 Å². The van der Waals surface area contributed by atoms with Gasteiger partial charge in [-0.3, -0.25) is 0 Å². The molecular weight excluding hydrogens is 325 g/mol. The summed E-state index contributed by atoms with van der Waals surface area (Å²) in [5.74, 6) is -1.89. The van der Waals surface area contributed by atoms with Gasteiger partial charge in [0.1, 0.15) is 10.7 Å². The molecule has 0 spiro atoms. The van der Waals surface area contributed by atoms with Gasteiger partial charge in [0.05, 0.1) is 23.8 Å². The van der Waals surface area contributed by atoms with Crippen molar-refractivity contribution in [2.75, 3.05) is 19.8 Å². The Hall–Kier alpha value is -1.22. The highest BCUT2D eigenvalue weighted by Gasteiger charge is 2.23. The van der Waals surface area contributed by atoms with E-state index in [1.54, 1.807) is 0 Å². The molecule has 116 valence electrons. The smallest absolute Gasteiger partial charge is 0.341 e. The third-order valence-electron chi connectivity index (χ3n) is 3.02. The van der Waals surface area contributed by atoms with Gasteiger partial charge < -0.3 is 9.47 Å². The fourth-order valence-corrected chi connectivity index (χ4v) is 2.98. The van der Waals surface area contributed by atoms with Crippen molar-refractivity contribution >= 4 is 27.6 Å². The van der Waals surface area contributed by atoms with Crippen LogP contribution in [0.3, 0.4) is 0 Å². The van der Waals surface area contributed by atoms with Crippen LogP contribution in [0.1, 0.15) is 16.8 Å². The maximum absolute atomic E-state index is 13.7. The predicted molar refractivity (Wildman–Crippen MR) is 72.0 cm³/mol. The molecule has 1 heterocycles. The Kier molecular flexibility index (Phi) is 4.82. The van der Waals surface area contributed by atoms with Crippen LogP contribution in [0, 0.1) is 11.7 Å². The molecule has 1 aliphatic heterocycles. The zero-order valence-corrected chi connectivity index (χ0v) is 12.4. The summed E-state index contributed by atoms with van der Waals surface area (Å²) < 4.78 is 46.4. The number of carbonyl (C=O) groups excluding carboxylic acids is 1. The van der Waals surface area contributed by atoms with Crippen molar-refractivity contribution in [1.82, 2.24) is 0 Å². The first-order valence-corrected chi connectivity index (χ1v) is 7.98. The predicted octanol–water partition coefficient (Wildman–Crippen LogP) is 1.32. The van der Waals surface area contributed by atoms with Crippen molar-refractivity contribution in [2.45, 2.75) is 11.3 Å². The molecule has 1 unspecified atom stereocenters. The van der Waals surface area contributed by atoms with Crippen LogP contribution in [0.25, 0.3) is 0 Å². The lowest BCUT2D eigenvalue weighted by Gasteiger charge is -2.10. The van der Waals surface area contributed by atoms with E-state index in [9.17, 15) is 17.6 Å². The zero-order chi connectivity index (χ0) is 15.6. The zero-order valence-electron chi connectivity index (χ0n) is 10.8. The van der Waals surface area contributed by atoms with Gasteiger partial charge in [0, 0.05) is 12.5 Å². The van der Waals surface area contributed by atoms with Crippen LogP contribution in [0.2, 0.25) is 5.02 Å². The first-order chi connectivity index (χ1) is 9.79. The maximum Gasteiger partial charge on any atom is 0.341 e. The van der Waals surface area contributed by atoms with Crippen LogP contribution in [0.4, 0.5) is 4.39 Å². The second-order valence-electron chi connectivity index (χ2n) is 4.64. The average molecular weight is 338 g/mol. The lowest BCUT2D eigenvalue weighted by atomic mass is 10.1. The van der Waals surface area contributed by atoms with Crippen molar-refractivity contribution in [3.8, 4) is 0 Å². The first-order valence-electron chi connectivity index (χ1n) is 6.05. The highest BCUT2D eigenvalue weighted by Crippen LogP contribution is 2.25. The number of hydrogen-bond acceptors (Lipinski definition) is 5. The molecule has 9 heteroatoms. The minimum Gasteiger partial charge on any atom is -0.462 e. The minimum absolute atomic E-state index is 0.0574. The third-order valence-corrected chi connectivity index (χ3v) is 4.40. The standard InChI is InChI=1S/C12H13ClFNO5S/c13-9-4-10(14)8(3-11(9)21(15,17)18)12(16)20-6-7-1-2-19-5-7/h3-4,7H,1-2,5-6H2,(H2,15,17,18). The molecule has 1 fully saturated rings. The van der Waals surface area contributed by atoms with Crippen LogP contribution in [-0.4, -0.2) is 34.2 Å². The maximum atomic E-state index is 13.7. The summed E-state index contributed by atoms with van der Waals surface area (Å²) in [6, 6.07) is 1.50. The van der Waals surface area contributed by atoms with Gasteiger partial charge in [-0.25, -0.2) is 22.7 Å². The van der Waals surface area contributed by atoms with Gasteiger partial charge in [-0.2, -0.15) is 0 Å². The molecule has 1 aromatic rings. The van der Waals surface area contributed by atoms with E-state index < -0.39 is 37.3 Å². The average Bonchev–Trinajstić information content (AvgIpc) is 2.87. The number of ether oxygens (including phenoxy) is 2. The second-order valence-corrected chi connectivity index (χ2v) is 6.57. The van der Waals surface area contributed by atoms with Gasteiger partial charge in [0.15, 0.2) is 0 Å². The molecule has 0 aromatic heterocycles. The Morgan fingerprint density at radius 2 is 2.24 bits per heavy atom. The van der Waals surface area contributed by atoms with Gasteiger partial charge in [-0.15, -0.1) is 0 Å². The van der Waals surface area contributed by atoms with E-state index >= 15 is 0 Å². The molecule has 0 bridgehead atoms. The van der Waals surface area contributed by atoms with Crippen LogP contribution in [0.5, 0.6) is 0 Å². The molecule has 1 atom stereocenters. The van der Waals surface area contributed by atoms with E-state index in [1.165, 1.54) is 0 Å². The van der Waals surface area contributed by atoms with E-state index in [0.717, 1.165) is 18.6 Å². The summed E-state index contributed by atoms with van der Waals surface area (Å²) in [5.41, 5.74) is -0.526. The molecule has 2 N–H and O–H groups in total.